The molecule has 0 spiro atoms. The highest BCUT2D eigenvalue weighted by Crippen LogP contribution is 2.21. The number of likely N-dealkylation sites (tertiary alicyclic amines) is 2. The van der Waals surface area contributed by atoms with Crippen LogP contribution in [0.3, 0.4) is 0 Å². The lowest BCUT2D eigenvalue weighted by atomic mass is 9.94. The lowest BCUT2D eigenvalue weighted by Crippen LogP contribution is -2.48. The Balaban J connectivity index is 1.93. The highest BCUT2D eigenvalue weighted by Gasteiger charge is 2.27. The quantitative estimate of drug-likeness (QED) is 0.526. The van der Waals surface area contributed by atoms with Crippen LogP contribution in [0.1, 0.15) is 60.3 Å². The van der Waals surface area contributed by atoms with Crippen molar-refractivity contribution in [1.82, 2.24) is 20.4 Å². The molecule has 0 aliphatic carbocycles. The molecule has 2 unspecified atom stereocenters. The number of hydrogen-bond donors (Lipinski definition) is 2. The number of nitrogens with one attached hydrogen (secondary N) is 2. The fourth-order valence-corrected chi connectivity index (χ4v) is 4.13. The topological polar surface area (TPSA) is 60.0 Å². The molecule has 0 radical (unpaired) electrons. The van der Waals surface area contributed by atoms with Crippen LogP contribution in [0.15, 0.2) is 4.99 Å². The van der Waals surface area contributed by atoms with Crippen molar-refractivity contribution in [3.63, 3.8) is 0 Å². The monoisotopic (exact) mass is 379 g/mol. The average Bonchev–Trinajstić information content (AvgIpc) is 3.11. The van der Waals surface area contributed by atoms with E-state index in [9.17, 15) is 4.79 Å². The molecule has 2 saturated heterocycles. The van der Waals surface area contributed by atoms with Gasteiger partial charge in [-0.2, -0.15) is 0 Å². The van der Waals surface area contributed by atoms with E-state index >= 15 is 0 Å². The van der Waals surface area contributed by atoms with Crippen molar-refractivity contribution >= 4 is 11.9 Å². The first-order valence-electron chi connectivity index (χ1n) is 11.0. The maximum atomic E-state index is 11.9. The van der Waals surface area contributed by atoms with E-state index in [-0.39, 0.29) is 5.91 Å². The SMILES string of the molecule is CCNC(=NCC(C(C)C)N1CCC(C)CC1)NC1CCN(C(=O)CC)C1. The van der Waals surface area contributed by atoms with Crippen molar-refractivity contribution in [2.24, 2.45) is 16.8 Å². The smallest absolute Gasteiger partial charge is 0.222 e. The molecule has 1 amide bonds. The number of aliphatic imine (C=N–C) groups is 1. The molecular weight excluding hydrogens is 338 g/mol. The van der Waals surface area contributed by atoms with Gasteiger partial charge in [0.05, 0.1) is 6.54 Å². The molecule has 2 aliphatic rings. The summed E-state index contributed by atoms with van der Waals surface area (Å²) in [6, 6.07) is 0.793. The predicted molar refractivity (Wildman–Crippen MR) is 113 cm³/mol. The predicted octanol–water partition coefficient (Wildman–Crippen LogP) is 2.31. The van der Waals surface area contributed by atoms with Crippen molar-refractivity contribution in [1.29, 1.82) is 0 Å². The molecule has 0 aromatic carbocycles. The van der Waals surface area contributed by atoms with E-state index in [0.717, 1.165) is 44.5 Å². The molecule has 156 valence electrons. The minimum atomic E-state index is 0.250. The van der Waals surface area contributed by atoms with Gasteiger partial charge in [-0.1, -0.05) is 27.7 Å². The zero-order chi connectivity index (χ0) is 19.8. The number of guanidine groups is 1. The Hall–Kier alpha value is -1.30. The maximum absolute atomic E-state index is 11.9. The van der Waals surface area contributed by atoms with Gasteiger partial charge in [-0.15, -0.1) is 0 Å². The number of carbonyl (C=O) groups is 1. The molecule has 0 aromatic rings. The normalized spacial score (nSPS) is 23.7. The molecule has 6 heteroatoms. The van der Waals surface area contributed by atoms with Gasteiger partial charge in [0, 0.05) is 38.1 Å². The number of rotatable bonds is 7. The van der Waals surface area contributed by atoms with E-state index in [4.69, 9.17) is 4.99 Å². The molecular formula is C21H41N5O. The van der Waals surface area contributed by atoms with Gasteiger partial charge >= 0.3 is 0 Å². The molecule has 0 bridgehead atoms. The Morgan fingerprint density at radius 3 is 2.44 bits per heavy atom. The van der Waals surface area contributed by atoms with Crippen molar-refractivity contribution in [3.05, 3.63) is 0 Å². The molecule has 27 heavy (non-hydrogen) atoms. The molecule has 0 saturated carbocycles. The number of nitrogens with zero attached hydrogens (tertiary/aromatic N) is 3. The second-order valence-corrected chi connectivity index (χ2v) is 8.57. The van der Waals surface area contributed by atoms with Gasteiger partial charge in [-0.3, -0.25) is 14.7 Å². The summed E-state index contributed by atoms with van der Waals surface area (Å²) in [6.45, 7) is 16.7. The van der Waals surface area contributed by atoms with Crippen molar-refractivity contribution in [2.45, 2.75) is 72.4 Å². The third-order valence-corrected chi connectivity index (χ3v) is 6.02. The van der Waals surface area contributed by atoms with Crippen molar-refractivity contribution in [3.8, 4) is 0 Å². The summed E-state index contributed by atoms with van der Waals surface area (Å²) in [5, 5.41) is 6.95. The van der Waals surface area contributed by atoms with E-state index in [0.29, 0.717) is 24.4 Å². The van der Waals surface area contributed by atoms with Crippen LogP contribution in [0, 0.1) is 11.8 Å². The lowest BCUT2D eigenvalue weighted by molar-refractivity contribution is -0.129. The third-order valence-electron chi connectivity index (χ3n) is 6.02. The van der Waals surface area contributed by atoms with E-state index in [1.54, 1.807) is 0 Å². The van der Waals surface area contributed by atoms with Gasteiger partial charge in [0.2, 0.25) is 5.91 Å². The summed E-state index contributed by atoms with van der Waals surface area (Å²) < 4.78 is 0. The minimum absolute atomic E-state index is 0.250. The lowest BCUT2D eigenvalue weighted by Gasteiger charge is -2.38. The van der Waals surface area contributed by atoms with E-state index in [1.807, 2.05) is 11.8 Å². The average molecular weight is 380 g/mol. The largest absolute Gasteiger partial charge is 0.357 e. The van der Waals surface area contributed by atoms with Crippen LogP contribution in [0.2, 0.25) is 0 Å². The Kier molecular flexibility index (Phi) is 8.87. The fourth-order valence-electron chi connectivity index (χ4n) is 4.13. The summed E-state index contributed by atoms with van der Waals surface area (Å²) in [6.07, 6.45) is 4.18. The Labute approximate surface area is 166 Å². The van der Waals surface area contributed by atoms with Gasteiger partial charge in [0.1, 0.15) is 0 Å². The molecule has 2 aliphatic heterocycles. The number of carbonyl (C=O) groups excluding carboxylic acids is 1. The molecule has 2 N–H and O–H groups in total. The van der Waals surface area contributed by atoms with Crippen LogP contribution < -0.4 is 10.6 Å². The van der Waals surface area contributed by atoms with Gasteiger partial charge in [0.25, 0.3) is 0 Å². The Morgan fingerprint density at radius 1 is 1.15 bits per heavy atom. The third kappa shape index (κ3) is 6.66. The summed E-state index contributed by atoms with van der Waals surface area (Å²) in [4.78, 5) is 21.4. The van der Waals surface area contributed by atoms with Gasteiger partial charge in [-0.25, -0.2) is 0 Å². The molecule has 6 nitrogen and oxygen atoms in total. The summed E-state index contributed by atoms with van der Waals surface area (Å²) in [5.41, 5.74) is 0. The number of piperidine rings is 1. The zero-order valence-corrected chi connectivity index (χ0v) is 18.1. The first-order valence-corrected chi connectivity index (χ1v) is 11.0. The second kappa shape index (κ2) is 10.9. The van der Waals surface area contributed by atoms with Gasteiger partial charge in [0.15, 0.2) is 5.96 Å². The Bertz CT molecular complexity index is 485. The van der Waals surface area contributed by atoms with Gasteiger partial charge < -0.3 is 15.5 Å². The first-order chi connectivity index (χ1) is 12.9. The highest BCUT2D eigenvalue weighted by atomic mass is 16.2. The highest BCUT2D eigenvalue weighted by molar-refractivity contribution is 5.80. The number of amides is 1. The molecule has 2 atom stereocenters. The summed E-state index contributed by atoms with van der Waals surface area (Å²) in [7, 11) is 0. The van der Waals surface area contributed by atoms with Crippen molar-refractivity contribution in [2.75, 3.05) is 39.3 Å². The van der Waals surface area contributed by atoms with E-state index < -0.39 is 0 Å². The van der Waals surface area contributed by atoms with Crippen LogP contribution in [0.4, 0.5) is 0 Å². The fraction of sp³-hybridized carbons (Fsp3) is 0.905. The molecule has 2 heterocycles. The molecule has 0 aromatic heterocycles. The van der Waals surface area contributed by atoms with Crippen LogP contribution in [-0.4, -0.2) is 73.0 Å². The standard InChI is InChI=1S/C21H41N5O/c1-6-20(27)26-13-10-18(15-26)24-21(22-7-2)23-14-19(16(3)4)25-11-8-17(5)9-12-25/h16-19H,6-15H2,1-5H3,(H2,22,23,24). The minimum Gasteiger partial charge on any atom is -0.357 e. The zero-order valence-electron chi connectivity index (χ0n) is 18.1. The summed E-state index contributed by atoms with van der Waals surface area (Å²) >= 11 is 0. The number of hydrogen-bond acceptors (Lipinski definition) is 3. The van der Waals surface area contributed by atoms with Crippen LogP contribution in [-0.2, 0) is 4.79 Å². The first kappa shape index (κ1) is 22.0. The van der Waals surface area contributed by atoms with Crippen molar-refractivity contribution < 1.29 is 4.79 Å². The van der Waals surface area contributed by atoms with Gasteiger partial charge in [-0.05, 0) is 51.1 Å². The maximum Gasteiger partial charge on any atom is 0.222 e. The van der Waals surface area contributed by atoms with Crippen LogP contribution in [0.5, 0.6) is 0 Å². The molecule has 2 fully saturated rings. The van der Waals surface area contributed by atoms with Crippen LogP contribution in [0.25, 0.3) is 0 Å². The second-order valence-electron chi connectivity index (χ2n) is 8.57. The van der Waals surface area contributed by atoms with E-state index in [2.05, 4.69) is 43.2 Å². The summed E-state index contributed by atoms with van der Waals surface area (Å²) in [5.74, 6) is 2.59. The molecule has 2 rings (SSSR count). The van der Waals surface area contributed by atoms with Crippen LogP contribution >= 0.6 is 0 Å². The Morgan fingerprint density at radius 2 is 1.85 bits per heavy atom. The van der Waals surface area contributed by atoms with E-state index in [1.165, 1.54) is 25.9 Å².